The molecule has 1 saturated heterocycles. The lowest BCUT2D eigenvalue weighted by Gasteiger charge is -2.23. The Labute approximate surface area is 127 Å². The van der Waals surface area contributed by atoms with E-state index in [1.54, 1.807) is 11.4 Å². The molecule has 1 aromatic rings. The van der Waals surface area contributed by atoms with Crippen molar-refractivity contribution in [3.8, 4) is 0 Å². The highest BCUT2D eigenvalue weighted by Crippen LogP contribution is 2.17. The molecule has 1 fully saturated rings. The van der Waals surface area contributed by atoms with Gasteiger partial charge in [-0.2, -0.15) is 0 Å². The first-order valence-corrected chi connectivity index (χ1v) is 10.4. The Morgan fingerprint density at radius 3 is 2.76 bits per heavy atom. The SMILES string of the molecule is CN(C(=O)CNS(=O)(=O)c1cccs1)C1CCS(=O)(=O)C1. The van der Waals surface area contributed by atoms with Crippen LogP contribution in [0, 0.1) is 0 Å². The van der Waals surface area contributed by atoms with Crippen LogP contribution in [0.3, 0.4) is 0 Å². The van der Waals surface area contributed by atoms with Crippen molar-refractivity contribution in [3.63, 3.8) is 0 Å². The Hall–Kier alpha value is -0.970. The van der Waals surface area contributed by atoms with Crippen molar-refractivity contribution in [2.75, 3.05) is 25.1 Å². The van der Waals surface area contributed by atoms with Crippen LogP contribution >= 0.6 is 11.3 Å². The number of likely N-dealkylation sites (N-methyl/N-ethyl adjacent to an activating group) is 1. The fourth-order valence-corrected chi connectivity index (χ4v) is 5.84. The smallest absolute Gasteiger partial charge is 0.250 e. The van der Waals surface area contributed by atoms with Crippen LogP contribution in [-0.2, 0) is 24.7 Å². The molecule has 2 heterocycles. The van der Waals surface area contributed by atoms with Gasteiger partial charge in [-0.15, -0.1) is 11.3 Å². The van der Waals surface area contributed by atoms with E-state index < -0.39 is 25.8 Å². The standard InChI is InChI=1S/C11H16N2O5S3/c1-13(9-4-6-20(15,16)8-9)10(14)7-12-21(17,18)11-3-2-5-19-11/h2-3,5,9,12H,4,6-8H2,1H3. The molecule has 1 atom stereocenters. The van der Waals surface area contributed by atoms with Crippen LogP contribution < -0.4 is 4.72 Å². The van der Waals surface area contributed by atoms with Crippen LogP contribution in [0.1, 0.15) is 6.42 Å². The zero-order valence-corrected chi connectivity index (χ0v) is 13.8. The summed E-state index contributed by atoms with van der Waals surface area (Å²) < 4.78 is 48.9. The van der Waals surface area contributed by atoms with Gasteiger partial charge in [-0.25, -0.2) is 21.6 Å². The van der Waals surface area contributed by atoms with E-state index in [4.69, 9.17) is 0 Å². The number of carbonyl (C=O) groups is 1. The van der Waals surface area contributed by atoms with Crippen molar-refractivity contribution >= 4 is 37.1 Å². The lowest BCUT2D eigenvalue weighted by atomic mass is 10.2. The normalized spacial score (nSPS) is 21.3. The van der Waals surface area contributed by atoms with Crippen molar-refractivity contribution in [1.29, 1.82) is 0 Å². The van der Waals surface area contributed by atoms with E-state index >= 15 is 0 Å². The van der Waals surface area contributed by atoms with Gasteiger partial charge in [0.2, 0.25) is 5.91 Å². The molecular weight excluding hydrogens is 336 g/mol. The minimum absolute atomic E-state index is 0.0626. The molecule has 1 aromatic heterocycles. The van der Waals surface area contributed by atoms with E-state index in [9.17, 15) is 21.6 Å². The van der Waals surface area contributed by atoms with Crippen molar-refractivity contribution in [2.45, 2.75) is 16.7 Å². The maximum atomic E-state index is 12.0. The van der Waals surface area contributed by atoms with Gasteiger partial charge in [0.25, 0.3) is 10.0 Å². The molecule has 0 aromatic carbocycles. The Balaban J connectivity index is 1.93. The molecule has 1 unspecified atom stereocenters. The van der Waals surface area contributed by atoms with E-state index in [2.05, 4.69) is 4.72 Å². The van der Waals surface area contributed by atoms with Crippen molar-refractivity contribution in [2.24, 2.45) is 0 Å². The second-order valence-corrected chi connectivity index (χ2v) is 9.99. The summed E-state index contributed by atoms with van der Waals surface area (Å²) >= 11 is 1.06. The first-order chi connectivity index (χ1) is 9.71. The number of thiophene rings is 1. The highest BCUT2D eigenvalue weighted by Gasteiger charge is 2.32. The largest absolute Gasteiger partial charge is 0.341 e. The Morgan fingerprint density at radius 2 is 2.24 bits per heavy atom. The van der Waals surface area contributed by atoms with Crippen LogP contribution in [0.2, 0.25) is 0 Å². The molecule has 0 saturated carbocycles. The lowest BCUT2D eigenvalue weighted by Crippen LogP contribution is -2.43. The van der Waals surface area contributed by atoms with Crippen LogP contribution in [-0.4, -0.2) is 58.8 Å². The summed E-state index contributed by atoms with van der Waals surface area (Å²) in [7, 11) is -5.28. The summed E-state index contributed by atoms with van der Waals surface area (Å²) in [5.41, 5.74) is 0. The number of nitrogens with one attached hydrogen (secondary N) is 1. The second kappa shape index (κ2) is 6.03. The molecule has 1 N–H and O–H groups in total. The average molecular weight is 352 g/mol. The summed E-state index contributed by atoms with van der Waals surface area (Å²) in [4.78, 5) is 13.3. The Morgan fingerprint density at radius 1 is 1.52 bits per heavy atom. The van der Waals surface area contributed by atoms with E-state index in [0.29, 0.717) is 6.42 Å². The van der Waals surface area contributed by atoms with E-state index in [-0.39, 0.29) is 28.3 Å². The number of sulfonamides is 1. The van der Waals surface area contributed by atoms with E-state index in [0.717, 1.165) is 11.3 Å². The highest BCUT2D eigenvalue weighted by molar-refractivity contribution is 7.91. The maximum absolute atomic E-state index is 12.0. The molecular formula is C11H16N2O5S3. The van der Waals surface area contributed by atoms with E-state index in [1.165, 1.54) is 18.0 Å². The number of hydrogen-bond donors (Lipinski definition) is 1. The predicted octanol–water partition coefficient (Wildman–Crippen LogP) is -0.328. The molecule has 1 amide bonds. The molecule has 2 rings (SSSR count). The topological polar surface area (TPSA) is 101 Å². The van der Waals surface area contributed by atoms with Crippen molar-refractivity contribution < 1.29 is 21.6 Å². The molecule has 1 aliphatic rings. The fourth-order valence-electron chi connectivity index (χ4n) is 2.05. The third-order valence-electron chi connectivity index (χ3n) is 3.32. The molecule has 7 nitrogen and oxygen atoms in total. The number of amides is 1. The maximum Gasteiger partial charge on any atom is 0.250 e. The quantitative estimate of drug-likeness (QED) is 0.782. The monoisotopic (exact) mass is 352 g/mol. The van der Waals surface area contributed by atoms with Gasteiger partial charge in [0.05, 0.1) is 18.1 Å². The van der Waals surface area contributed by atoms with Gasteiger partial charge in [0.1, 0.15) is 4.21 Å². The van der Waals surface area contributed by atoms with Gasteiger partial charge in [-0.1, -0.05) is 6.07 Å². The molecule has 118 valence electrons. The number of hydrogen-bond acceptors (Lipinski definition) is 6. The first-order valence-electron chi connectivity index (χ1n) is 6.20. The van der Waals surface area contributed by atoms with Gasteiger partial charge in [0, 0.05) is 13.1 Å². The van der Waals surface area contributed by atoms with Crippen LogP contribution in [0.15, 0.2) is 21.7 Å². The number of sulfone groups is 1. The number of nitrogens with zero attached hydrogens (tertiary/aromatic N) is 1. The first kappa shape index (κ1) is 16.4. The predicted molar refractivity (Wildman–Crippen MR) is 79.3 cm³/mol. The van der Waals surface area contributed by atoms with Crippen LogP contribution in [0.25, 0.3) is 0 Å². The highest BCUT2D eigenvalue weighted by atomic mass is 32.2. The lowest BCUT2D eigenvalue weighted by molar-refractivity contribution is -0.130. The third kappa shape index (κ3) is 4.02. The second-order valence-electron chi connectivity index (χ2n) is 4.82. The molecule has 0 bridgehead atoms. The zero-order valence-electron chi connectivity index (χ0n) is 11.4. The Kier molecular flexibility index (Phi) is 4.71. The molecule has 0 spiro atoms. The van der Waals surface area contributed by atoms with Gasteiger partial charge >= 0.3 is 0 Å². The fraction of sp³-hybridized carbons (Fsp3) is 0.545. The molecule has 0 aliphatic carbocycles. The molecule has 0 radical (unpaired) electrons. The molecule has 1 aliphatic heterocycles. The van der Waals surface area contributed by atoms with Gasteiger partial charge < -0.3 is 4.90 Å². The van der Waals surface area contributed by atoms with Crippen LogP contribution in [0.4, 0.5) is 0 Å². The molecule has 10 heteroatoms. The van der Waals surface area contributed by atoms with Crippen molar-refractivity contribution in [1.82, 2.24) is 9.62 Å². The average Bonchev–Trinajstić information content (AvgIpc) is 3.04. The third-order valence-corrected chi connectivity index (χ3v) is 7.87. The van der Waals surface area contributed by atoms with Gasteiger partial charge in [0.15, 0.2) is 9.84 Å². The summed E-state index contributed by atoms with van der Waals surface area (Å²) in [6.07, 6.45) is 0.391. The minimum Gasteiger partial charge on any atom is -0.341 e. The Bertz CT molecular complexity index is 709. The van der Waals surface area contributed by atoms with Gasteiger partial charge in [-0.05, 0) is 17.9 Å². The number of carbonyl (C=O) groups excluding carboxylic acids is 1. The van der Waals surface area contributed by atoms with Gasteiger partial charge in [-0.3, -0.25) is 4.79 Å². The summed E-state index contributed by atoms with van der Waals surface area (Å²) in [5, 5.41) is 1.63. The van der Waals surface area contributed by atoms with Crippen molar-refractivity contribution in [3.05, 3.63) is 17.5 Å². The summed E-state index contributed by atoms with van der Waals surface area (Å²) in [6.45, 7) is -0.382. The zero-order chi connectivity index (χ0) is 15.7. The summed E-state index contributed by atoms with van der Waals surface area (Å²) in [5.74, 6) is -0.444. The minimum atomic E-state index is -3.69. The number of rotatable bonds is 5. The molecule has 21 heavy (non-hydrogen) atoms. The van der Waals surface area contributed by atoms with E-state index in [1.807, 2.05) is 0 Å². The van der Waals surface area contributed by atoms with Crippen LogP contribution in [0.5, 0.6) is 0 Å². The summed E-state index contributed by atoms with van der Waals surface area (Å²) in [6, 6.07) is 2.68.